The lowest BCUT2D eigenvalue weighted by molar-refractivity contribution is -0.387. The molecule has 0 fully saturated rings. The molecular formula is C12H13F2N3O3. The standard InChI is InChI=1S/C12H13F2N3O3/c1-12(16,7-15)3-2-4-20-11-6-8(13)10(17(18)19)5-9(11)14/h5-6H,2-4,16H2,1H3. The van der Waals surface area contributed by atoms with E-state index < -0.39 is 33.5 Å². The number of nitriles is 1. The zero-order valence-corrected chi connectivity index (χ0v) is 10.7. The van der Waals surface area contributed by atoms with Crippen LogP contribution in [0.25, 0.3) is 0 Å². The van der Waals surface area contributed by atoms with Crippen molar-refractivity contribution >= 4 is 5.69 Å². The zero-order chi connectivity index (χ0) is 15.3. The molecule has 0 saturated carbocycles. The van der Waals surface area contributed by atoms with Gasteiger partial charge in [0.2, 0.25) is 5.82 Å². The van der Waals surface area contributed by atoms with E-state index in [1.54, 1.807) is 6.92 Å². The first kappa shape index (κ1) is 15.8. The predicted molar refractivity (Wildman–Crippen MR) is 65.9 cm³/mol. The van der Waals surface area contributed by atoms with Crippen molar-refractivity contribution in [2.75, 3.05) is 6.61 Å². The van der Waals surface area contributed by atoms with E-state index in [1.165, 1.54) is 0 Å². The number of hydrogen-bond donors (Lipinski definition) is 1. The Bertz CT molecular complexity index is 556. The lowest BCUT2D eigenvalue weighted by atomic mass is 10.00. The van der Waals surface area contributed by atoms with Crippen LogP contribution in [0.3, 0.4) is 0 Å². The van der Waals surface area contributed by atoms with E-state index in [4.69, 9.17) is 15.7 Å². The van der Waals surface area contributed by atoms with Gasteiger partial charge in [0.05, 0.1) is 23.7 Å². The fourth-order valence-electron chi connectivity index (χ4n) is 1.45. The summed E-state index contributed by atoms with van der Waals surface area (Å²) in [4.78, 5) is 9.38. The van der Waals surface area contributed by atoms with Crippen LogP contribution in [0.5, 0.6) is 5.75 Å². The molecule has 1 aromatic carbocycles. The Balaban J connectivity index is 2.64. The van der Waals surface area contributed by atoms with Gasteiger partial charge < -0.3 is 10.5 Å². The van der Waals surface area contributed by atoms with Gasteiger partial charge >= 0.3 is 5.69 Å². The molecule has 1 rings (SSSR count). The molecule has 0 aliphatic rings. The van der Waals surface area contributed by atoms with Crippen LogP contribution in [-0.4, -0.2) is 17.1 Å². The molecule has 8 heteroatoms. The van der Waals surface area contributed by atoms with Gasteiger partial charge in [0.15, 0.2) is 11.6 Å². The summed E-state index contributed by atoms with van der Waals surface area (Å²) < 4.78 is 31.7. The van der Waals surface area contributed by atoms with Crippen LogP contribution in [0.4, 0.5) is 14.5 Å². The molecular weight excluding hydrogens is 272 g/mol. The quantitative estimate of drug-likeness (QED) is 0.490. The fraction of sp³-hybridized carbons (Fsp3) is 0.417. The highest BCUT2D eigenvalue weighted by atomic mass is 19.1. The molecule has 0 bridgehead atoms. The number of nitro benzene ring substituents is 1. The number of hydrogen-bond acceptors (Lipinski definition) is 5. The molecule has 0 aliphatic carbocycles. The van der Waals surface area contributed by atoms with Gasteiger partial charge in [-0.15, -0.1) is 0 Å². The average molecular weight is 285 g/mol. The van der Waals surface area contributed by atoms with E-state index in [0.717, 1.165) is 0 Å². The highest BCUT2D eigenvalue weighted by Crippen LogP contribution is 2.26. The highest BCUT2D eigenvalue weighted by Gasteiger charge is 2.20. The molecule has 108 valence electrons. The molecule has 6 nitrogen and oxygen atoms in total. The number of nitrogens with two attached hydrogens (primary N) is 1. The summed E-state index contributed by atoms with van der Waals surface area (Å²) in [5, 5.41) is 19.1. The average Bonchev–Trinajstić information content (AvgIpc) is 2.37. The summed E-state index contributed by atoms with van der Waals surface area (Å²) in [5.74, 6) is -2.61. The minimum atomic E-state index is -1.17. The molecule has 0 aromatic heterocycles. The van der Waals surface area contributed by atoms with Crippen molar-refractivity contribution in [1.82, 2.24) is 0 Å². The van der Waals surface area contributed by atoms with Gasteiger partial charge in [0, 0.05) is 6.07 Å². The Kier molecular flexibility index (Phi) is 4.94. The normalized spacial score (nSPS) is 13.3. The number of benzene rings is 1. The first-order chi connectivity index (χ1) is 9.26. The summed E-state index contributed by atoms with van der Waals surface area (Å²) in [6.07, 6.45) is 0.680. The molecule has 1 unspecified atom stereocenters. The Hall–Kier alpha value is -2.27. The number of halogens is 2. The second kappa shape index (κ2) is 6.25. The van der Waals surface area contributed by atoms with Crippen molar-refractivity contribution in [2.24, 2.45) is 5.73 Å². The number of nitrogens with zero attached hydrogens (tertiary/aromatic N) is 2. The van der Waals surface area contributed by atoms with E-state index in [-0.39, 0.29) is 6.61 Å². The third-order valence-electron chi connectivity index (χ3n) is 2.55. The van der Waals surface area contributed by atoms with Crippen LogP contribution in [0.15, 0.2) is 12.1 Å². The third kappa shape index (κ3) is 4.13. The first-order valence-corrected chi connectivity index (χ1v) is 5.73. The number of rotatable bonds is 6. The van der Waals surface area contributed by atoms with E-state index in [1.807, 2.05) is 6.07 Å². The van der Waals surface area contributed by atoms with Gasteiger partial charge in [-0.1, -0.05) is 0 Å². The maximum absolute atomic E-state index is 13.4. The summed E-state index contributed by atoms with van der Waals surface area (Å²) in [7, 11) is 0. The molecule has 0 spiro atoms. The summed E-state index contributed by atoms with van der Waals surface area (Å²) in [5.41, 5.74) is 3.62. The summed E-state index contributed by atoms with van der Waals surface area (Å²) in [6.45, 7) is 1.56. The topological polar surface area (TPSA) is 102 Å². The van der Waals surface area contributed by atoms with Crippen molar-refractivity contribution in [1.29, 1.82) is 5.26 Å². The lowest BCUT2D eigenvalue weighted by Crippen LogP contribution is -2.34. The summed E-state index contributed by atoms with van der Waals surface area (Å²) >= 11 is 0. The van der Waals surface area contributed by atoms with Crippen LogP contribution in [0, 0.1) is 33.1 Å². The van der Waals surface area contributed by atoms with Gasteiger partial charge in [-0.05, 0) is 19.8 Å². The predicted octanol–water partition coefficient (Wildman–Crippen LogP) is 2.27. The maximum atomic E-state index is 13.4. The molecule has 0 amide bonds. The third-order valence-corrected chi connectivity index (χ3v) is 2.55. The van der Waals surface area contributed by atoms with Crippen LogP contribution < -0.4 is 10.5 Å². The molecule has 0 heterocycles. The molecule has 0 aliphatic heterocycles. The molecule has 1 atom stereocenters. The van der Waals surface area contributed by atoms with E-state index in [0.29, 0.717) is 25.0 Å². The van der Waals surface area contributed by atoms with Gasteiger partial charge in [0.25, 0.3) is 0 Å². The second-order valence-electron chi connectivity index (χ2n) is 4.47. The van der Waals surface area contributed by atoms with Crippen molar-refractivity contribution in [2.45, 2.75) is 25.3 Å². The first-order valence-electron chi connectivity index (χ1n) is 5.73. The van der Waals surface area contributed by atoms with E-state index >= 15 is 0 Å². The Morgan fingerprint density at radius 2 is 2.15 bits per heavy atom. The fourth-order valence-corrected chi connectivity index (χ4v) is 1.45. The molecule has 0 saturated heterocycles. The molecule has 2 N–H and O–H groups in total. The Labute approximate surface area is 113 Å². The van der Waals surface area contributed by atoms with Gasteiger partial charge in [-0.2, -0.15) is 9.65 Å². The molecule has 20 heavy (non-hydrogen) atoms. The van der Waals surface area contributed by atoms with E-state index in [2.05, 4.69) is 0 Å². The highest BCUT2D eigenvalue weighted by molar-refractivity contribution is 5.39. The van der Waals surface area contributed by atoms with Crippen molar-refractivity contribution in [3.05, 3.63) is 33.9 Å². The minimum absolute atomic E-state index is 0.0165. The SMILES string of the molecule is CC(N)(C#N)CCCOc1cc(F)c([N+](=O)[O-])cc1F. The second-order valence-corrected chi connectivity index (χ2v) is 4.47. The van der Waals surface area contributed by atoms with Crippen LogP contribution in [-0.2, 0) is 0 Å². The van der Waals surface area contributed by atoms with Crippen LogP contribution >= 0.6 is 0 Å². The van der Waals surface area contributed by atoms with Crippen LogP contribution in [0.1, 0.15) is 19.8 Å². The Morgan fingerprint density at radius 1 is 1.50 bits per heavy atom. The number of ether oxygens (including phenoxy) is 1. The maximum Gasteiger partial charge on any atom is 0.307 e. The van der Waals surface area contributed by atoms with Crippen molar-refractivity contribution in [3.8, 4) is 11.8 Å². The monoisotopic (exact) mass is 285 g/mol. The molecule has 0 radical (unpaired) electrons. The van der Waals surface area contributed by atoms with E-state index in [9.17, 15) is 18.9 Å². The lowest BCUT2D eigenvalue weighted by Gasteiger charge is -2.15. The van der Waals surface area contributed by atoms with Gasteiger partial charge in [0.1, 0.15) is 5.54 Å². The van der Waals surface area contributed by atoms with Crippen molar-refractivity contribution in [3.63, 3.8) is 0 Å². The van der Waals surface area contributed by atoms with Gasteiger partial charge in [-0.3, -0.25) is 10.1 Å². The Morgan fingerprint density at radius 3 is 2.70 bits per heavy atom. The summed E-state index contributed by atoms with van der Waals surface area (Å²) in [6, 6.07) is 2.98. The molecule has 1 aromatic rings. The zero-order valence-electron chi connectivity index (χ0n) is 10.7. The smallest absolute Gasteiger partial charge is 0.307 e. The largest absolute Gasteiger partial charge is 0.490 e. The van der Waals surface area contributed by atoms with Crippen molar-refractivity contribution < 1.29 is 18.4 Å². The number of nitro groups is 1. The van der Waals surface area contributed by atoms with Gasteiger partial charge in [-0.25, -0.2) is 4.39 Å². The van der Waals surface area contributed by atoms with Crippen LogP contribution in [0.2, 0.25) is 0 Å². The minimum Gasteiger partial charge on any atom is -0.490 e.